The summed E-state index contributed by atoms with van der Waals surface area (Å²) in [6, 6.07) is 9.61. The molecular formula is C26H35N3O4. The van der Waals surface area contributed by atoms with Crippen LogP contribution in [-0.2, 0) is 22.6 Å². The van der Waals surface area contributed by atoms with E-state index >= 15 is 0 Å². The predicted octanol–water partition coefficient (Wildman–Crippen LogP) is 3.71. The summed E-state index contributed by atoms with van der Waals surface area (Å²) < 4.78 is 11.5. The Labute approximate surface area is 196 Å². The summed E-state index contributed by atoms with van der Waals surface area (Å²) in [6.07, 6.45) is 6.29. The Morgan fingerprint density at radius 2 is 2.00 bits per heavy atom. The molecule has 1 aromatic heterocycles. The van der Waals surface area contributed by atoms with Crippen molar-refractivity contribution in [2.24, 2.45) is 5.41 Å². The first-order valence-electron chi connectivity index (χ1n) is 11.5. The molecule has 2 aromatic rings. The number of rotatable bonds is 4. The smallest absolute Gasteiger partial charge is 0.231 e. The standard InChI is InChI=1S/C26H35N3O4/c1-26(2)19-33-23-16-21(9-11-22(23)32-4)18-29(15-6-5-14-28(3)25(26)31)24(30)12-10-20-8-7-13-27-17-20/h7-9,11,13,16-17H,5-6,10,12,14-15,18-19H2,1-4H3. The van der Waals surface area contributed by atoms with Crippen LogP contribution in [0.15, 0.2) is 42.7 Å². The Kier molecular flexibility index (Phi) is 8.31. The minimum absolute atomic E-state index is 0.0408. The summed E-state index contributed by atoms with van der Waals surface area (Å²) in [5.74, 6) is 1.34. The Bertz CT molecular complexity index is 946. The maximum absolute atomic E-state index is 13.1. The molecule has 2 amide bonds. The van der Waals surface area contributed by atoms with Gasteiger partial charge in [-0.3, -0.25) is 14.6 Å². The van der Waals surface area contributed by atoms with Gasteiger partial charge in [-0.25, -0.2) is 0 Å². The van der Waals surface area contributed by atoms with Crippen LogP contribution in [0.4, 0.5) is 0 Å². The third-order valence-electron chi connectivity index (χ3n) is 5.99. The number of methoxy groups -OCH3 is 1. The summed E-state index contributed by atoms with van der Waals surface area (Å²) in [5, 5.41) is 0. The van der Waals surface area contributed by atoms with Gasteiger partial charge in [-0.15, -0.1) is 0 Å². The van der Waals surface area contributed by atoms with Gasteiger partial charge in [0.15, 0.2) is 11.5 Å². The number of ether oxygens (including phenoxy) is 2. The molecule has 33 heavy (non-hydrogen) atoms. The normalized spacial score (nSPS) is 17.2. The zero-order valence-corrected chi connectivity index (χ0v) is 20.2. The minimum atomic E-state index is -0.659. The Morgan fingerprint density at radius 3 is 2.73 bits per heavy atom. The SMILES string of the molecule is COc1ccc2cc1OCC(C)(C)C(=O)N(C)CCCCN(C(=O)CCc1cccnc1)C2. The highest BCUT2D eigenvalue weighted by Gasteiger charge is 2.32. The van der Waals surface area contributed by atoms with Crippen LogP contribution >= 0.6 is 0 Å². The zero-order chi connectivity index (χ0) is 23.8. The van der Waals surface area contributed by atoms with Gasteiger partial charge in [-0.2, -0.15) is 0 Å². The first-order valence-corrected chi connectivity index (χ1v) is 11.5. The lowest BCUT2D eigenvalue weighted by Crippen LogP contribution is -2.42. The van der Waals surface area contributed by atoms with Crippen LogP contribution in [0, 0.1) is 5.41 Å². The third kappa shape index (κ3) is 6.70. The van der Waals surface area contributed by atoms with Crippen molar-refractivity contribution in [1.82, 2.24) is 14.8 Å². The third-order valence-corrected chi connectivity index (χ3v) is 5.99. The Balaban J connectivity index is 1.81. The van der Waals surface area contributed by atoms with Crippen LogP contribution in [0.2, 0.25) is 0 Å². The van der Waals surface area contributed by atoms with Gasteiger partial charge in [0, 0.05) is 45.5 Å². The number of hydrogen-bond donors (Lipinski definition) is 0. The van der Waals surface area contributed by atoms with Crippen molar-refractivity contribution in [1.29, 1.82) is 0 Å². The van der Waals surface area contributed by atoms with E-state index in [1.54, 1.807) is 24.4 Å². The molecule has 0 aliphatic carbocycles. The molecule has 1 aliphatic rings. The van der Waals surface area contributed by atoms with E-state index in [-0.39, 0.29) is 18.4 Å². The molecule has 7 nitrogen and oxygen atoms in total. The van der Waals surface area contributed by atoms with E-state index in [2.05, 4.69) is 4.98 Å². The number of aromatic nitrogens is 1. The maximum atomic E-state index is 13.1. The molecule has 3 rings (SSSR count). The van der Waals surface area contributed by atoms with E-state index in [0.717, 1.165) is 24.0 Å². The number of hydrogen-bond acceptors (Lipinski definition) is 5. The molecule has 1 aliphatic heterocycles. The van der Waals surface area contributed by atoms with Crippen molar-refractivity contribution in [3.63, 3.8) is 0 Å². The van der Waals surface area contributed by atoms with Gasteiger partial charge in [-0.05, 0) is 62.4 Å². The molecule has 2 bridgehead atoms. The second-order valence-corrected chi connectivity index (χ2v) is 9.27. The Morgan fingerprint density at radius 1 is 1.21 bits per heavy atom. The van der Waals surface area contributed by atoms with Crippen molar-refractivity contribution < 1.29 is 19.1 Å². The number of carbonyl (C=O) groups is 2. The zero-order valence-electron chi connectivity index (χ0n) is 20.2. The lowest BCUT2D eigenvalue weighted by molar-refractivity contribution is -0.140. The number of fused-ring (bicyclic) bond motifs is 2. The van der Waals surface area contributed by atoms with Gasteiger partial charge in [-0.1, -0.05) is 12.1 Å². The van der Waals surface area contributed by atoms with Crippen molar-refractivity contribution in [2.75, 3.05) is 33.9 Å². The van der Waals surface area contributed by atoms with E-state index in [9.17, 15) is 9.59 Å². The summed E-state index contributed by atoms with van der Waals surface area (Å²) in [5.41, 5.74) is 1.36. The molecule has 178 valence electrons. The van der Waals surface area contributed by atoms with E-state index < -0.39 is 5.41 Å². The summed E-state index contributed by atoms with van der Waals surface area (Å²) in [4.78, 5) is 33.9. The van der Waals surface area contributed by atoms with Crippen LogP contribution in [0.1, 0.15) is 44.2 Å². The average molecular weight is 454 g/mol. The molecule has 0 spiro atoms. The molecule has 0 radical (unpaired) electrons. The first kappa shape index (κ1) is 24.6. The highest BCUT2D eigenvalue weighted by Crippen LogP contribution is 2.31. The van der Waals surface area contributed by atoms with E-state index in [0.29, 0.717) is 44.0 Å². The average Bonchev–Trinajstić information content (AvgIpc) is 2.82. The number of nitrogens with zero attached hydrogens (tertiary/aromatic N) is 3. The highest BCUT2D eigenvalue weighted by atomic mass is 16.5. The molecule has 0 saturated carbocycles. The van der Waals surface area contributed by atoms with Crippen LogP contribution < -0.4 is 9.47 Å². The van der Waals surface area contributed by atoms with Gasteiger partial charge in [0.1, 0.15) is 6.61 Å². The van der Waals surface area contributed by atoms with E-state index in [1.165, 1.54) is 0 Å². The lowest BCUT2D eigenvalue weighted by Gasteiger charge is -2.30. The van der Waals surface area contributed by atoms with Crippen LogP contribution in [0.3, 0.4) is 0 Å². The minimum Gasteiger partial charge on any atom is -0.493 e. The molecule has 0 fully saturated rings. The molecule has 0 unspecified atom stereocenters. The maximum Gasteiger partial charge on any atom is 0.231 e. The summed E-state index contributed by atoms with van der Waals surface area (Å²) >= 11 is 0. The first-order chi connectivity index (χ1) is 15.8. The molecule has 0 N–H and O–H groups in total. The molecular weight excluding hydrogens is 418 g/mol. The van der Waals surface area contributed by atoms with Crippen LogP contribution in [-0.4, -0.2) is 60.5 Å². The van der Waals surface area contributed by atoms with Crippen molar-refractivity contribution >= 4 is 11.8 Å². The van der Waals surface area contributed by atoms with Gasteiger partial charge in [0.25, 0.3) is 0 Å². The largest absolute Gasteiger partial charge is 0.493 e. The number of aryl methyl sites for hydroxylation is 1. The number of carbonyl (C=O) groups excluding carboxylic acids is 2. The lowest BCUT2D eigenvalue weighted by atomic mass is 9.92. The van der Waals surface area contributed by atoms with Crippen molar-refractivity contribution in [3.8, 4) is 11.5 Å². The van der Waals surface area contributed by atoms with Crippen molar-refractivity contribution in [2.45, 2.75) is 46.1 Å². The van der Waals surface area contributed by atoms with Crippen molar-refractivity contribution in [3.05, 3.63) is 53.9 Å². The predicted molar refractivity (Wildman–Crippen MR) is 127 cm³/mol. The molecule has 7 heteroatoms. The molecule has 0 atom stereocenters. The van der Waals surface area contributed by atoms with E-state index in [1.807, 2.05) is 56.1 Å². The second kappa shape index (κ2) is 11.2. The molecule has 1 aromatic carbocycles. The van der Waals surface area contributed by atoms with Gasteiger partial charge >= 0.3 is 0 Å². The number of amides is 2. The fourth-order valence-electron chi connectivity index (χ4n) is 3.99. The molecule has 2 heterocycles. The van der Waals surface area contributed by atoms with Gasteiger partial charge < -0.3 is 19.3 Å². The Hall–Kier alpha value is -3.09. The second-order valence-electron chi connectivity index (χ2n) is 9.27. The molecule has 0 saturated heterocycles. The summed E-state index contributed by atoms with van der Waals surface area (Å²) in [6.45, 7) is 5.83. The fourth-order valence-corrected chi connectivity index (χ4v) is 3.99. The monoisotopic (exact) mass is 453 g/mol. The van der Waals surface area contributed by atoms with Gasteiger partial charge in [0.2, 0.25) is 11.8 Å². The topological polar surface area (TPSA) is 72.0 Å². The number of pyridine rings is 1. The van der Waals surface area contributed by atoms with E-state index in [4.69, 9.17) is 9.47 Å². The quantitative estimate of drug-likeness (QED) is 0.706. The van der Waals surface area contributed by atoms with Gasteiger partial charge in [0.05, 0.1) is 12.5 Å². The van der Waals surface area contributed by atoms with Crippen LogP contribution in [0.25, 0.3) is 0 Å². The fraction of sp³-hybridized carbons (Fsp3) is 0.500. The summed E-state index contributed by atoms with van der Waals surface area (Å²) in [7, 11) is 3.42. The number of benzene rings is 1. The highest BCUT2D eigenvalue weighted by molar-refractivity contribution is 5.82. The van der Waals surface area contributed by atoms with Crippen LogP contribution in [0.5, 0.6) is 11.5 Å².